The van der Waals surface area contributed by atoms with Gasteiger partial charge in [0.05, 0.1) is 21.4 Å². The van der Waals surface area contributed by atoms with Crippen LogP contribution in [0.4, 0.5) is 11.4 Å². The van der Waals surface area contributed by atoms with Crippen molar-refractivity contribution in [1.82, 2.24) is 0 Å². The highest BCUT2D eigenvalue weighted by Gasteiger charge is 2.12. The zero-order chi connectivity index (χ0) is 10.9. The van der Waals surface area contributed by atoms with E-state index in [4.69, 9.17) is 28.9 Å². The minimum absolute atomic E-state index is 0.0503. The lowest BCUT2D eigenvalue weighted by molar-refractivity contribution is 0.634. The molecule has 0 radical (unpaired) electrons. The van der Waals surface area contributed by atoms with Gasteiger partial charge in [-0.05, 0) is 32.9 Å². The standard InChI is InChI=1S/C10H14Cl2N2/c1-10(2,3)14-9-5-7(12)6(11)4-8(9)13/h4-5,14H,13H2,1-3H3. The van der Waals surface area contributed by atoms with Crippen molar-refractivity contribution in [3.05, 3.63) is 22.2 Å². The van der Waals surface area contributed by atoms with Crippen molar-refractivity contribution < 1.29 is 0 Å². The molecule has 0 amide bonds. The number of nitrogen functional groups attached to an aromatic ring is 1. The second kappa shape index (κ2) is 3.87. The van der Waals surface area contributed by atoms with E-state index in [1.165, 1.54) is 0 Å². The Bertz CT molecular complexity index is 343. The van der Waals surface area contributed by atoms with E-state index >= 15 is 0 Å². The van der Waals surface area contributed by atoms with Gasteiger partial charge in [-0.1, -0.05) is 23.2 Å². The van der Waals surface area contributed by atoms with Gasteiger partial charge in [-0.2, -0.15) is 0 Å². The molecule has 0 aliphatic rings. The van der Waals surface area contributed by atoms with Crippen LogP contribution < -0.4 is 11.1 Å². The summed E-state index contributed by atoms with van der Waals surface area (Å²) in [6, 6.07) is 3.39. The second-order valence-electron chi connectivity index (χ2n) is 4.23. The largest absolute Gasteiger partial charge is 0.397 e. The molecule has 0 saturated carbocycles. The maximum atomic E-state index is 5.89. The van der Waals surface area contributed by atoms with Gasteiger partial charge in [-0.15, -0.1) is 0 Å². The van der Waals surface area contributed by atoms with Crippen LogP contribution in [0, 0.1) is 0 Å². The number of nitrogens with one attached hydrogen (secondary N) is 1. The van der Waals surface area contributed by atoms with Gasteiger partial charge < -0.3 is 11.1 Å². The van der Waals surface area contributed by atoms with Crippen LogP contribution in [0.25, 0.3) is 0 Å². The molecule has 0 aliphatic carbocycles. The Hall–Kier alpha value is -0.600. The van der Waals surface area contributed by atoms with Crippen LogP contribution in [-0.4, -0.2) is 5.54 Å². The first-order chi connectivity index (χ1) is 6.29. The minimum Gasteiger partial charge on any atom is -0.397 e. The van der Waals surface area contributed by atoms with Crippen LogP contribution in [0.1, 0.15) is 20.8 Å². The van der Waals surface area contributed by atoms with Crippen LogP contribution in [0.15, 0.2) is 12.1 Å². The molecule has 2 nitrogen and oxygen atoms in total. The number of anilines is 2. The van der Waals surface area contributed by atoms with E-state index in [1.807, 2.05) is 0 Å². The molecule has 0 fully saturated rings. The summed E-state index contributed by atoms with van der Waals surface area (Å²) in [6.07, 6.45) is 0. The highest BCUT2D eigenvalue weighted by Crippen LogP contribution is 2.32. The Labute approximate surface area is 94.4 Å². The topological polar surface area (TPSA) is 38.0 Å². The molecule has 1 rings (SSSR count). The van der Waals surface area contributed by atoms with Gasteiger partial charge in [0.25, 0.3) is 0 Å². The third-order valence-corrected chi connectivity index (χ3v) is 2.32. The molecule has 14 heavy (non-hydrogen) atoms. The normalized spacial score (nSPS) is 11.5. The van der Waals surface area contributed by atoms with Gasteiger partial charge >= 0.3 is 0 Å². The highest BCUT2D eigenvalue weighted by molar-refractivity contribution is 6.42. The maximum absolute atomic E-state index is 5.89. The number of benzene rings is 1. The quantitative estimate of drug-likeness (QED) is 0.724. The fraction of sp³-hybridized carbons (Fsp3) is 0.400. The SMILES string of the molecule is CC(C)(C)Nc1cc(Cl)c(Cl)cc1N. The zero-order valence-electron chi connectivity index (χ0n) is 8.49. The molecule has 0 spiro atoms. The van der Waals surface area contributed by atoms with Gasteiger partial charge in [-0.25, -0.2) is 0 Å². The van der Waals surface area contributed by atoms with Gasteiger partial charge in [0.1, 0.15) is 0 Å². The summed E-state index contributed by atoms with van der Waals surface area (Å²) >= 11 is 11.7. The van der Waals surface area contributed by atoms with Crippen LogP contribution >= 0.6 is 23.2 Å². The summed E-state index contributed by atoms with van der Waals surface area (Å²) in [6.45, 7) is 6.15. The van der Waals surface area contributed by atoms with Crippen molar-refractivity contribution in [1.29, 1.82) is 0 Å². The number of halogens is 2. The van der Waals surface area contributed by atoms with E-state index in [-0.39, 0.29) is 5.54 Å². The lowest BCUT2D eigenvalue weighted by Crippen LogP contribution is -2.26. The van der Waals surface area contributed by atoms with E-state index in [0.29, 0.717) is 15.7 Å². The molecule has 1 aromatic carbocycles. The van der Waals surface area contributed by atoms with Gasteiger partial charge in [0, 0.05) is 5.54 Å². The fourth-order valence-corrected chi connectivity index (χ4v) is 1.41. The summed E-state index contributed by atoms with van der Waals surface area (Å²) in [4.78, 5) is 0. The Morgan fingerprint density at radius 2 is 1.64 bits per heavy atom. The number of nitrogens with two attached hydrogens (primary N) is 1. The maximum Gasteiger partial charge on any atom is 0.0614 e. The fourth-order valence-electron chi connectivity index (χ4n) is 1.07. The van der Waals surface area contributed by atoms with Crippen LogP contribution in [0.5, 0.6) is 0 Å². The Morgan fingerprint density at radius 3 is 2.14 bits per heavy atom. The van der Waals surface area contributed by atoms with Gasteiger partial charge in [-0.3, -0.25) is 0 Å². The molecule has 4 heteroatoms. The lowest BCUT2D eigenvalue weighted by Gasteiger charge is -2.23. The molecule has 3 N–H and O–H groups in total. The summed E-state index contributed by atoms with van der Waals surface area (Å²) in [5.74, 6) is 0. The van der Waals surface area contributed by atoms with Crippen LogP contribution in [-0.2, 0) is 0 Å². The molecule has 0 atom stereocenters. The predicted molar refractivity (Wildman–Crippen MR) is 64.3 cm³/mol. The first kappa shape index (κ1) is 11.5. The zero-order valence-corrected chi connectivity index (χ0v) is 10.00. The van der Waals surface area contributed by atoms with E-state index in [2.05, 4.69) is 26.1 Å². The monoisotopic (exact) mass is 232 g/mol. The molecule has 78 valence electrons. The molecular formula is C10H14Cl2N2. The summed E-state index contributed by atoms with van der Waals surface area (Å²) in [7, 11) is 0. The number of hydrogen-bond acceptors (Lipinski definition) is 2. The molecule has 0 saturated heterocycles. The average Bonchev–Trinajstić information content (AvgIpc) is 1.97. The van der Waals surface area contributed by atoms with Crippen molar-refractivity contribution in [3.63, 3.8) is 0 Å². The predicted octanol–water partition coefficient (Wildman–Crippen LogP) is 3.79. The average molecular weight is 233 g/mol. The summed E-state index contributed by atoms with van der Waals surface area (Å²) in [5, 5.41) is 4.23. The van der Waals surface area contributed by atoms with E-state index in [0.717, 1.165) is 5.69 Å². The van der Waals surface area contributed by atoms with Crippen molar-refractivity contribution in [2.45, 2.75) is 26.3 Å². The van der Waals surface area contributed by atoms with E-state index in [1.54, 1.807) is 12.1 Å². The van der Waals surface area contributed by atoms with Crippen molar-refractivity contribution in [2.24, 2.45) is 0 Å². The first-order valence-corrected chi connectivity index (χ1v) is 5.08. The first-order valence-electron chi connectivity index (χ1n) is 4.32. The molecule has 0 heterocycles. The van der Waals surface area contributed by atoms with Crippen molar-refractivity contribution in [2.75, 3.05) is 11.1 Å². The molecule has 0 aliphatic heterocycles. The Balaban J connectivity index is 3.04. The lowest BCUT2D eigenvalue weighted by atomic mass is 10.1. The Kier molecular flexibility index (Phi) is 3.17. The highest BCUT2D eigenvalue weighted by atomic mass is 35.5. The third kappa shape index (κ3) is 2.96. The Morgan fingerprint density at radius 1 is 1.14 bits per heavy atom. The molecule has 1 aromatic rings. The van der Waals surface area contributed by atoms with Crippen LogP contribution in [0.3, 0.4) is 0 Å². The summed E-state index contributed by atoms with van der Waals surface area (Å²) < 4.78 is 0. The second-order valence-corrected chi connectivity index (χ2v) is 5.04. The minimum atomic E-state index is -0.0503. The molecule has 0 aromatic heterocycles. The molecule has 0 unspecified atom stereocenters. The number of rotatable bonds is 1. The molecule has 0 bridgehead atoms. The van der Waals surface area contributed by atoms with E-state index in [9.17, 15) is 0 Å². The van der Waals surface area contributed by atoms with Gasteiger partial charge in [0.15, 0.2) is 0 Å². The van der Waals surface area contributed by atoms with Crippen molar-refractivity contribution in [3.8, 4) is 0 Å². The third-order valence-electron chi connectivity index (χ3n) is 1.60. The van der Waals surface area contributed by atoms with Gasteiger partial charge in [0.2, 0.25) is 0 Å². The molecular weight excluding hydrogens is 219 g/mol. The van der Waals surface area contributed by atoms with Crippen molar-refractivity contribution >= 4 is 34.6 Å². The van der Waals surface area contributed by atoms with E-state index < -0.39 is 0 Å². The number of hydrogen-bond donors (Lipinski definition) is 2. The smallest absolute Gasteiger partial charge is 0.0614 e. The summed E-state index contributed by atoms with van der Waals surface area (Å²) in [5.41, 5.74) is 7.16. The van der Waals surface area contributed by atoms with Crippen LogP contribution in [0.2, 0.25) is 10.0 Å².